The van der Waals surface area contributed by atoms with E-state index in [0.717, 1.165) is 12.0 Å². The van der Waals surface area contributed by atoms with Gasteiger partial charge in [-0.1, -0.05) is 0 Å². The maximum absolute atomic E-state index is 5.47. The number of likely N-dealkylation sites (tertiary alicyclic amines) is 1. The van der Waals surface area contributed by atoms with Gasteiger partial charge in [0, 0.05) is 12.1 Å². The Morgan fingerprint density at radius 2 is 2.18 bits per heavy atom. The number of piperidine rings is 1. The van der Waals surface area contributed by atoms with Gasteiger partial charge in [-0.2, -0.15) is 0 Å². The lowest BCUT2D eigenvalue weighted by atomic mass is 9.71. The molecule has 2 aliphatic rings. The largest absolute Gasteiger partial charge is 0.303 e. The maximum Gasteiger partial charge on any atom is 0.0265 e. The summed E-state index contributed by atoms with van der Waals surface area (Å²) in [5, 5.41) is 0. The first kappa shape index (κ1) is 7.53. The van der Waals surface area contributed by atoms with E-state index in [1.54, 1.807) is 0 Å². The van der Waals surface area contributed by atoms with Crippen molar-refractivity contribution >= 4 is 0 Å². The van der Waals surface area contributed by atoms with E-state index < -0.39 is 0 Å². The molecule has 1 aliphatic carbocycles. The fourth-order valence-electron chi connectivity index (χ4n) is 2.45. The molecule has 3 unspecified atom stereocenters. The zero-order valence-corrected chi connectivity index (χ0v) is 7.09. The summed E-state index contributed by atoms with van der Waals surface area (Å²) in [4.78, 5) is 2.47. The Hall–Kier alpha value is -0.120. The van der Waals surface area contributed by atoms with E-state index in [0.29, 0.717) is 6.04 Å². The van der Waals surface area contributed by atoms with Crippen LogP contribution < -0.4 is 11.3 Å². The van der Waals surface area contributed by atoms with Crippen LogP contribution in [0.15, 0.2) is 0 Å². The third-order valence-electron chi connectivity index (χ3n) is 3.38. The second kappa shape index (κ2) is 2.73. The van der Waals surface area contributed by atoms with E-state index in [4.69, 9.17) is 5.84 Å². The molecule has 1 saturated heterocycles. The molecule has 11 heavy (non-hydrogen) atoms. The fraction of sp³-hybridized carbons (Fsp3) is 1.00. The van der Waals surface area contributed by atoms with Gasteiger partial charge in [-0.15, -0.1) is 0 Å². The molecule has 3 nitrogen and oxygen atoms in total. The van der Waals surface area contributed by atoms with Crippen molar-refractivity contribution in [3.63, 3.8) is 0 Å². The van der Waals surface area contributed by atoms with Crippen molar-refractivity contribution < 1.29 is 0 Å². The number of hydrogen-bond acceptors (Lipinski definition) is 3. The molecule has 0 spiro atoms. The molecule has 3 heteroatoms. The summed E-state index contributed by atoms with van der Waals surface area (Å²) in [5.41, 5.74) is 2.93. The van der Waals surface area contributed by atoms with Crippen LogP contribution in [0.3, 0.4) is 0 Å². The normalized spacial score (nSPS) is 44.7. The molecule has 3 N–H and O–H groups in total. The highest BCUT2D eigenvalue weighted by Gasteiger charge is 2.41. The summed E-state index contributed by atoms with van der Waals surface area (Å²) in [6.07, 6.45) is 3.96. The summed E-state index contributed by atoms with van der Waals surface area (Å²) in [5.74, 6) is 6.30. The molecule has 0 radical (unpaired) electrons. The van der Waals surface area contributed by atoms with Crippen LogP contribution in [0, 0.1) is 5.92 Å². The minimum Gasteiger partial charge on any atom is -0.303 e. The molecule has 1 heterocycles. The minimum absolute atomic E-state index is 0.588. The van der Waals surface area contributed by atoms with Gasteiger partial charge in [-0.05, 0) is 38.8 Å². The van der Waals surface area contributed by atoms with Gasteiger partial charge in [0.25, 0.3) is 0 Å². The van der Waals surface area contributed by atoms with Crippen molar-refractivity contribution in [3.8, 4) is 0 Å². The first-order valence-corrected chi connectivity index (χ1v) is 4.49. The average molecular weight is 155 g/mol. The Balaban J connectivity index is 1.99. The topological polar surface area (TPSA) is 41.3 Å². The van der Waals surface area contributed by atoms with Crippen LogP contribution in [0.2, 0.25) is 0 Å². The van der Waals surface area contributed by atoms with Crippen LogP contribution in [-0.2, 0) is 0 Å². The smallest absolute Gasteiger partial charge is 0.0265 e. The van der Waals surface area contributed by atoms with Crippen LogP contribution in [0.1, 0.15) is 19.3 Å². The molecule has 1 saturated carbocycles. The molecule has 2 fully saturated rings. The van der Waals surface area contributed by atoms with Crippen molar-refractivity contribution in [2.24, 2.45) is 11.8 Å². The molecule has 0 amide bonds. The molecule has 2 rings (SSSR count). The molecule has 0 aromatic heterocycles. The molecular formula is C8H17N3. The van der Waals surface area contributed by atoms with Gasteiger partial charge in [-0.3, -0.25) is 11.3 Å². The van der Waals surface area contributed by atoms with Crippen LogP contribution >= 0.6 is 0 Å². The third kappa shape index (κ3) is 1.08. The van der Waals surface area contributed by atoms with Crippen LogP contribution in [0.5, 0.6) is 0 Å². The zero-order valence-electron chi connectivity index (χ0n) is 7.09. The summed E-state index contributed by atoms with van der Waals surface area (Å²) >= 11 is 0. The quantitative estimate of drug-likeness (QED) is 0.411. The highest BCUT2D eigenvalue weighted by Crippen LogP contribution is 2.38. The highest BCUT2D eigenvalue weighted by molar-refractivity contribution is 4.97. The van der Waals surface area contributed by atoms with E-state index >= 15 is 0 Å². The predicted molar refractivity (Wildman–Crippen MR) is 44.9 cm³/mol. The highest BCUT2D eigenvalue weighted by atomic mass is 15.3. The van der Waals surface area contributed by atoms with E-state index in [-0.39, 0.29) is 0 Å². The Kier molecular flexibility index (Phi) is 1.87. The summed E-state index contributed by atoms with van der Waals surface area (Å²) < 4.78 is 0. The third-order valence-corrected chi connectivity index (χ3v) is 3.38. The molecule has 0 aromatic carbocycles. The second-order valence-electron chi connectivity index (χ2n) is 3.85. The van der Waals surface area contributed by atoms with Gasteiger partial charge in [0.15, 0.2) is 0 Å². The zero-order chi connectivity index (χ0) is 7.84. The Bertz CT molecular complexity index is 144. The Labute approximate surface area is 67.9 Å². The number of rotatable bonds is 1. The number of nitrogens with two attached hydrogens (primary N) is 1. The number of nitrogens with zero attached hydrogens (tertiary/aromatic N) is 1. The van der Waals surface area contributed by atoms with E-state index in [9.17, 15) is 0 Å². The minimum atomic E-state index is 0.588. The standard InChI is InChI=1S/C8H17N3/c1-11-5-4-7(10-9)6-2-3-8(6)11/h6-8,10H,2-5,9H2,1H3. The maximum atomic E-state index is 5.47. The van der Waals surface area contributed by atoms with Crippen molar-refractivity contribution in [2.75, 3.05) is 13.6 Å². The number of hydrazine groups is 1. The van der Waals surface area contributed by atoms with Crippen molar-refractivity contribution in [3.05, 3.63) is 0 Å². The summed E-state index contributed by atoms with van der Waals surface area (Å²) in [6, 6.07) is 1.41. The van der Waals surface area contributed by atoms with Crippen LogP contribution in [0.4, 0.5) is 0 Å². The number of hydrogen-bond donors (Lipinski definition) is 2. The molecule has 3 atom stereocenters. The molecule has 0 bridgehead atoms. The SMILES string of the molecule is CN1CCC(NN)C2CCC21. The van der Waals surface area contributed by atoms with E-state index in [2.05, 4.69) is 17.4 Å². The van der Waals surface area contributed by atoms with Gasteiger partial charge in [-0.25, -0.2) is 0 Å². The summed E-state index contributed by atoms with van der Waals surface area (Å²) in [7, 11) is 2.23. The van der Waals surface area contributed by atoms with Crippen LogP contribution in [-0.4, -0.2) is 30.6 Å². The molecule has 1 aliphatic heterocycles. The van der Waals surface area contributed by atoms with E-state index in [1.807, 2.05) is 0 Å². The van der Waals surface area contributed by atoms with Gasteiger partial charge in [0.05, 0.1) is 0 Å². The van der Waals surface area contributed by atoms with Gasteiger partial charge >= 0.3 is 0 Å². The fourth-order valence-corrected chi connectivity index (χ4v) is 2.45. The first-order valence-electron chi connectivity index (χ1n) is 4.49. The van der Waals surface area contributed by atoms with Crippen LogP contribution in [0.25, 0.3) is 0 Å². The van der Waals surface area contributed by atoms with Crippen molar-refractivity contribution in [1.82, 2.24) is 10.3 Å². The molecule has 64 valence electrons. The van der Waals surface area contributed by atoms with Gasteiger partial charge in [0.2, 0.25) is 0 Å². The second-order valence-corrected chi connectivity index (χ2v) is 3.85. The van der Waals surface area contributed by atoms with Crippen molar-refractivity contribution in [2.45, 2.75) is 31.3 Å². The number of fused-ring (bicyclic) bond motifs is 1. The summed E-state index contributed by atoms with van der Waals surface area (Å²) in [6.45, 7) is 1.20. The lowest BCUT2D eigenvalue weighted by Crippen LogP contribution is -2.60. The molecule has 0 aromatic rings. The predicted octanol–water partition coefficient (Wildman–Crippen LogP) is -0.0676. The van der Waals surface area contributed by atoms with E-state index in [1.165, 1.54) is 25.8 Å². The van der Waals surface area contributed by atoms with Crippen molar-refractivity contribution in [1.29, 1.82) is 0 Å². The Morgan fingerprint density at radius 1 is 1.36 bits per heavy atom. The average Bonchev–Trinajstić information content (AvgIpc) is 1.93. The number of nitrogens with one attached hydrogen (secondary N) is 1. The Morgan fingerprint density at radius 3 is 2.73 bits per heavy atom. The first-order chi connectivity index (χ1) is 5.33. The lowest BCUT2D eigenvalue weighted by molar-refractivity contribution is 0.0136. The van der Waals surface area contributed by atoms with Gasteiger partial charge < -0.3 is 4.90 Å². The monoisotopic (exact) mass is 155 g/mol. The molecular weight excluding hydrogens is 138 g/mol. The van der Waals surface area contributed by atoms with Gasteiger partial charge in [0.1, 0.15) is 0 Å². The lowest BCUT2D eigenvalue weighted by Gasteiger charge is -2.50.